The fourth-order valence-corrected chi connectivity index (χ4v) is 4.73. The van der Waals surface area contributed by atoms with Gasteiger partial charge in [0.25, 0.3) is 0 Å². The van der Waals surface area contributed by atoms with Gasteiger partial charge in [-0.3, -0.25) is 14.4 Å². The van der Waals surface area contributed by atoms with E-state index in [0.717, 1.165) is 16.0 Å². The number of carbonyl (C=O) groups is 3. The molecule has 1 fully saturated rings. The molecule has 1 saturated carbocycles. The summed E-state index contributed by atoms with van der Waals surface area (Å²) in [6, 6.07) is 3.34. The topological polar surface area (TPSA) is 82.4 Å². The largest absolute Gasteiger partial charge is 0.457 e. The zero-order valence-corrected chi connectivity index (χ0v) is 17.2. The molecule has 0 N–H and O–H groups in total. The van der Waals surface area contributed by atoms with E-state index in [4.69, 9.17) is 4.74 Å². The van der Waals surface area contributed by atoms with Gasteiger partial charge in [-0.25, -0.2) is 4.79 Å². The quantitative estimate of drug-likeness (QED) is 0.582. The number of thiazole rings is 1. The fourth-order valence-electron chi connectivity index (χ4n) is 3.79. The molecule has 27 heavy (non-hydrogen) atoms. The summed E-state index contributed by atoms with van der Waals surface area (Å²) in [5, 5.41) is 0. The van der Waals surface area contributed by atoms with Crippen molar-refractivity contribution in [3.05, 3.63) is 32.9 Å². The number of aromatic nitrogens is 1. The standard InChI is InChI=1S/C20H23NO5S/c1-10-11(7-8-12-15(10)21(6)18(25)27-12)16(23)26-14-9-13(22)19(2,3)17(24)20(14,4)5/h7-8,14H,9H2,1-6H3. The number of hydrogen-bond acceptors (Lipinski definition) is 6. The van der Waals surface area contributed by atoms with E-state index in [9.17, 15) is 19.2 Å². The summed E-state index contributed by atoms with van der Waals surface area (Å²) in [6.45, 7) is 8.41. The summed E-state index contributed by atoms with van der Waals surface area (Å²) in [5.74, 6) is -1.04. The van der Waals surface area contributed by atoms with Crippen molar-refractivity contribution < 1.29 is 19.1 Å². The molecule has 1 aromatic heterocycles. The third kappa shape index (κ3) is 2.84. The Labute approximate surface area is 161 Å². The van der Waals surface area contributed by atoms with Crippen LogP contribution in [0.2, 0.25) is 0 Å². The second kappa shape index (κ2) is 6.12. The molecule has 144 valence electrons. The number of aryl methyl sites for hydroxylation is 2. The van der Waals surface area contributed by atoms with E-state index in [1.54, 1.807) is 53.8 Å². The van der Waals surface area contributed by atoms with Crippen molar-refractivity contribution in [2.75, 3.05) is 0 Å². The van der Waals surface area contributed by atoms with Crippen molar-refractivity contribution in [1.82, 2.24) is 4.57 Å². The van der Waals surface area contributed by atoms with E-state index in [1.807, 2.05) is 0 Å². The third-order valence-corrected chi connectivity index (χ3v) is 6.69. The molecule has 0 amide bonds. The van der Waals surface area contributed by atoms with Crippen LogP contribution >= 0.6 is 11.3 Å². The van der Waals surface area contributed by atoms with E-state index in [0.29, 0.717) is 16.6 Å². The first-order valence-corrected chi connectivity index (χ1v) is 9.59. The summed E-state index contributed by atoms with van der Waals surface area (Å²) in [4.78, 5) is 49.8. The lowest BCUT2D eigenvalue weighted by Gasteiger charge is -2.42. The molecule has 0 radical (unpaired) electrons. The van der Waals surface area contributed by atoms with Crippen LogP contribution in [-0.4, -0.2) is 28.2 Å². The second-order valence-corrected chi connectivity index (χ2v) is 9.20. The number of hydrogen-bond donors (Lipinski definition) is 0. The number of esters is 1. The van der Waals surface area contributed by atoms with Crippen LogP contribution in [0.15, 0.2) is 16.9 Å². The minimum Gasteiger partial charge on any atom is -0.457 e. The number of carbonyl (C=O) groups excluding carboxylic acids is 3. The Morgan fingerprint density at radius 2 is 1.81 bits per heavy atom. The predicted molar refractivity (Wildman–Crippen MR) is 103 cm³/mol. The van der Waals surface area contributed by atoms with Crippen LogP contribution in [0.3, 0.4) is 0 Å². The molecule has 0 bridgehead atoms. The summed E-state index contributed by atoms with van der Waals surface area (Å²) in [5.41, 5.74) is -0.367. The molecule has 2 aromatic rings. The van der Waals surface area contributed by atoms with Crippen LogP contribution in [0.5, 0.6) is 0 Å². The highest BCUT2D eigenvalue weighted by molar-refractivity contribution is 7.16. The Balaban J connectivity index is 1.96. The van der Waals surface area contributed by atoms with Crippen LogP contribution in [-0.2, 0) is 21.4 Å². The van der Waals surface area contributed by atoms with Crippen LogP contribution in [0, 0.1) is 17.8 Å². The molecule has 1 aliphatic rings. The molecule has 1 aromatic carbocycles. The van der Waals surface area contributed by atoms with Gasteiger partial charge in [0.05, 0.1) is 26.6 Å². The van der Waals surface area contributed by atoms with Crippen molar-refractivity contribution in [3.8, 4) is 0 Å². The average Bonchev–Trinajstić information content (AvgIpc) is 2.87. The van der Waals surface area contributed by atoms with E-state index in [2.05, 4.69) is 0 Å². The minimum absolute atomic E-state index is 0.00963. The highest BCUT2D eigenvalue weighted by Gasteiger charge is 2.54. The first-order chi connectivity index (χ1) is 12.4. The van der Waals surface area contributed by atoms with Gasteiger partial charge in [0, 0.05) is 13.5 Å². The molecule has 3 rings (SSSR count). The van der Waals surface area contributed by atoms with Gasteiger partial charge in [-0.1, -0.05) is 11.3 Å². The molecule has 1 atom stereocenters. The van der Waals surface area contributed by atoms with Crippen molar-refractivity contribution in [3.63, 3.8) is 0 Å². The number of Topliss-reactive ketones (excluding diaryl/α,β-unsaturated/α-hetero) is 2. The summed E-state index contributed by atoms with van der Waals surface area (Å²) < 4.78 is 7.94. The zero-order chi connectivity index (χ0) is 20.3. The molecule has 1 heterocycles. The predicted octanol–water partition coefficient (Wildman–Crippen LogP) is 3.03. The first-order valence-electron chi connectivity index (χ1n) is 8.77. The molecule has 1 aliphatic carbocycles. The molecule has 0 aliphatic heterocycles. The molecular weight excluding hydrogens is 366 g/mol. The number of ether oxygens (including phenoxy) is 1. The van der Waals surface area contributed by atoms with Gasteiger partial charge in [0.15, 0.2) is 5.78 Å². The van der Waals surface area contributed by atoms with Gasteiger partial charge in [0.1, 0.15) is 11.9 Å². The van der Waals surface area contributed by atoms with Gasteiger partial charge in [-0.2, -0.15) is 0 Å². The Morgan fingerprint density at radius 1 is 1.19 bits per heavy atom. The molecule has 7 heteroatoms. The Kier molecular flexibility index (Phi) is 4.42. The second-order valence-electron chi connectivity index (χ2n) is 8.21. The Hall–Kier alpha value is -2.28. The number of rotatable bonds is 2. The average molecular weight is 389 g/mol. The maximum Gasteiger partial charge on any atom is 0.338 e. The van der Waals surface area contributed by atoms with Crippen molar-refractivity contribution in [2.45, 2.75) is 47.1 Å². The van der Waals surface area contributed by atoms with Gasteiger partial charge >= 0.3 is 10.8 Å². The summed E-state index contributed by atoms with van der Waals surface area (Å²) in [7, 11) is 1.66. The monoisotopic (exact) mass is 389 g/mol. The zero-order valence-electron chi connectivity index (χ0n) is 16.3. The van der Waals surface area contributed by atoms with E-state index >= 15 is 0 Å². The van der Waals surface area contributed by atoms with Crippen LogP contribution in [0.4, 0.5) is 0 Å². The van der Waals surface area contributed by atoms with Gasteiger partial charge < -0.3 is 9.30 Å². The highest BCUT2D eigenvalue weighted by Crippen LogP contribution is 2.42. The molecule has 6 nitrogen and oxygen atoms in total. The van der Waals surface area contributed by atoms with Crippen LogP contribution < -0.4 is 4.87 Å². The maximum absolute atomic E-state index is 12.8. The smallest absolute Gasteiger partial charge is 0.338 e. The molecular formula is C20H23NO5S. The lowest BCUT2D eigenvalue weighted by molar-refractivity contribution is -0.158. The number of benzene rings is 1. The van der Waals surface area contributed by atoms with Crippen molar-refractivity contribution in [1.29, 1.82) is 0 Å². The Morgan fingerprint density at radius 3 is 2.44 bits per heavy atom. The van der Waals surface area contributed by atoms with Gasteiger partial charge in [-0.05, 0) is 52.3 Å². The molecule has 1 unspecified atom stereocenters. The van der Waals surface area contributed by atoms with Crippen molar-refractivity contribution >= 4 is 39.1 Å². The third-order valence-electron chi connectivity index (χ3n) is 5.70. The molecule has 0 saturated heterocycles. The van der Waals surface area contributed by atoms with Gasteiger partial charge in [-0.15, -0.1) is 0 Å². The number of fused-ring (bicyclic) bond motifs is 1. The summed E-state index contributed by atoms with van der Waals surface area (Å²) >= 11 is 1.12. The summed E-state index contributed by atoms with van der Waals surface area (Å²) in [6.07, 6.45) is -0.810. The van der Waals surface area contributed by atoms with E-state index in [-0.39, 0.29) is 22.9 Å². The lowest BCUT2D eigenvalue weighted by Crippen LogP contribution is -2.55. The highest BCUT2D eigenvalue weighted by atomic mass is 32.1. The van der Waals surface area contributed by atoms with Crippen molar-refractivity contribution in [2.24, 2.45) is 17.9 Å². The van der Waals surface area contributed by atoms with Gasteiger partial charge in [0.2, 0.25) is 0 Å². The maximum atomic E-state index is 12.8. The van der Waals surface area contributed by atoms with E-state index in [1.165, 1.54) is 4.57 Å². The van der Waals surface area contributed by atoms with Crippen LogP contribution in [0.1, 0.15) is 50.0 Å². The number of ketones is 2. The number of nitrogens with zero attached hydrogens (tertiary/aromatic N) is 1. The normalized spacial score (nSPS) is 21.5. The first kappa shape index (κ1) is 19.5. The lowest BCUT2D eigenvalue weighted by atomic mass is 9.62. The van der Waals surface area contributed by atoms with Crippen LogP contribution in [0.25, 0.3) is 10.2 Å². The minimum atomic E-state index is -1.07. The SMILES string of the molecule is Cc1c(C(=O)OC2CC(=O)C(C)(C)C(=O)C2(C)C)ccc2sc(=O)n(C)c12. The Bertz CT molecular complexity index is 1040. The fraction of sp³-hybridized carbons (Fsp3) is 0.500. The van der Waals surface area contributed by atoms with E-state index < -0.39 is 22.9 Å². The molecule has 0 spiro atoms.